The lowest BCUT2D eigenvalue weighted by Gasteiger charge is -2.24. The Bertz CT molecular complexity index is 917. The number of hydrogen-bond donors (Lipinski definition) is 2. The van der Waals surface area contributed by atoms with Crippen molar-refractivity contribution in [1.82, 2.24) is 4.90 Å². The van der Waals surface area contributed by atoms with Gasteiger partial charge in [-0.2, -0.15) is 13.2 Å². The van der Waals surface area contributed by atoms with E-state index < -0.39 is 66.3 Å². The predicted octanol–water partition coefficient (Wildman–Crippen LogP) is 1.42. The number of sulfone groups is 1. The summed E-state index contributed by atoms with van der Waals surface area (Å²) in [5.74, 6) is 0. The van der Waals surface area contributed by atoms with Gasteiger partial charge < -0.3 is 5.32 Å². The summed E-state index contributed by atoms with van der Waals surface area (Å²) in [7, 11) is -10.5. The Morgan fingerprint density at radius 2 is 1.71 bits per heavy atom. The lowest BCUT2D eigenvalue weighted by molar-refractivity contribution is -0.0435. The highest BCUT2D eigenvalue weighted by molar-refractivity contribution is 7.92. The second-order valence-corrected chi connectivity index (χ2v) is 9.65. The van der Waals surface area contributed by atoms with Gasteiger partial charge in [0.25, 0.3) is 9.84 Å². The van der Waals surface area contributed by atoms with E-state index in [2.05, 4.69) is 5.32 Å². The number of hydrogen-bond acceptors (Lipinski definition) is 6. The van der Waals surface area contributed by atoms with Crippen LogP contribution >= 0.6 is 0 Å². The first-order valence-corrected chi connectivity index (χ1v) is 11.0. The molecule has 1 aromatic carbocycles. The minimum absolute atomic E-state index is 0.0248. The lowest BCUT2D eigenvalue weighted by Crippen LogP contribution is -2.38. The molecule has 0 aromatic heterocycles. The molecule has 160 valence electrons. The Hall–Kier alpha value is -1.51. The molecule has 0 bridgehead atoms. The summed E-state index contributed by atoms with van der Waals surface area (Å²) in [5, 5.41) is 7.49. The summed E-state index contributed by atoms with van der Waals surface area (Å²) in [6, 6.07) is 0.515. The van der Waals surface area contributed by atoms with Crippen LogP contribution in [0.1, 0.15) is 6.42 Å². The highest BCUT2D eigenvalue weighted by atomic mass is 32.2. The van der Waals surface area contributed by atoms with Crippen LogP contribution in [0, 0.1) is 0 Å². The topological polar surface area (TPSA) is 110 Å². The molecule has 1 atom stereocenters. The van der Waals surface area contributed by atoms with Gasteiger partial charge in [-0.25, -0.2) is 30.8 Å². The minimum atomic E-state index is -5.89. The number of para-hydroxylation sites is 1. The molecule has 0 amide bonds. The van der Waals surface area contributed by atoms with Crippen molar-refractivity contribution in [3.63, 3.8) is 0 Å². The molecule has 3 N–H and O–H groups in total. The van der Waals surface area contributed by atoms with Gasteiger partial charge in [0, 0.05) is 19.1 Å². The van der Waals surface area contributed by atoms with Gasteiger partial charge in [0.15, 0.2) is 0 Å². The van der Waals surface area contributed by atoms with Gasteiger partial charge in [-0.1, -0.05) is 6.07 Å². The van der Waals surface area contributed by atoms with Crippen molar-refractivity contribution in [2.24, 2.45) is 5.14 Å². The van der Waals surface area contributed by atoms with Crippen molar-refractivity contribution < 1.29 is 38.8 Å². The van der Waals surface area contributed by atoms with E-state index in [4.69, 9.17) is 5.14 Å². The average molecular weight is 451 g/mol. The van der Waals surface area contributed by atoms with E-state index in [-0.39, 0.29) is 19.5 Å². The molecular weight excluding hydrogens is 433 g/mol. The number of alkyl halides is 5. The van der Waals surface area contributed by atoms with Crippen LogP contribution in [0.25, 0.3) is 0 Å². The van der Waals surface area contributed by atoms with E-state index in [1.165, 1.54) is 4.90 Å². The van der Waals surface area contributed by atoms with Crippen molar-refractivity contribution in [3.05, 3.63) is 18.2 Å². The Morgan fingerprint density at radius 1 is 1.14 bits per heavy atom. The second-order valence-electron chi connectivity index (χ2n) is 6.21. The lowest BCUT2D eigenvalue weighted by atomic mass is 10.2. The molecule has 1 aliphatic heterocycles. The SMILES string of the molecule is NS(=O)(=O)c1cccc(S(=O)(=O)C(F)(F)F)c1N[C@@H]1CCN(C(CF)CF)C1. The van der Waals surface area contributed by atoms with Crippen molar-refractivity contribution >= 4 is 25.5 Å². The quantitative estimate of drug-likeness (QED) is 0.607. The van der Waals surface area contributed by atoms with Gasteiger partial charge in [-0.15, -0.1) is 0 Å². The van der Waals surface area contributed by atoms with E-state index in [0.717, 1.165) is 12.1 Å². The predicted molar refractivity (Wildman–Crippen MR) is 90.4 cm³/mol. The van der Waals surface area contributed by atoms with Crippen molar-refractivity contribution in [2.75, 3.05) is 31.8 Å². The second kappa shape index (κ2) is 8.08. The number of rotatable bonds is 7. The Morgan fingerprint density at radius 3 is 2.21 bits per heavy atom. The highest BCUT2D eigenvalue weighted by Crippen LogP contribution is 2.38. The molecule has 1 heterocycles. The van der Waals surface area contributed by atoms with Gasteiger partial charge in [0.05, 0.1) is 11.7 Å². The van der Waals surface area contributed by atoms with Crippen LogP contribution in [0.3, 0.4) is 0 Å². The van der Waals surface area contributed by atoms with Crippen LogP contribution in [0.15, 0.2) is 28.0 Å². The van der Waals surface area contributed by atoms with Gasteiger partial charge >= 0.3 is 5.51 Å². The third kappa shape index (κ3) is 4.55. The number of halogens is 5. The maximum absolute atomic E-state index is 13.0. The van der Waals surface area contributed by atoms with E-state index >= 15 is 0 Å². The number of primary sulfonamides is 1. The van der Waals surface area contributed by atoms with Crippen molar-refractivity contribution in [1.29, 1.82) is 0 Å². The largest absolute Gasteiger partial charge is 0.501 e. The van der Waals surface area contributed by atoms with Gasteiger partial charge in [-0.05, 0) is 18.6 Å². The molecule has 0 aliphatic carbocycles. The molecule has 1 fully saturated rings. The molecule has 14 heteroatoms. The van der Waals surface area contributed by atoms with Gasteiger partial charge in [0.2, 0.25) is 10.0 Å². The molecule has 1 aromatic rings. The Labute approximate surface area is 158 Å². The van der Waals surface area contributed by atoms with Crippen LogP contribution in [0.5, 0.6) is 0 Å². The molecule has 7 nitrogen and oxygen atoms in total. The molecule has 1 saturated heterocycles. The third-order valence-electron chi connectivity index (χ3n) is 4.33. The van der Waals surface area contributed by atoms with Crippen LogP contribution in [0.2, 0.25) is 0 Å². The number of anilines is 1. The summed E-state index contributed by atoms with van der Waals surface area (Å²) in [6.07, 6.45) is 0.195. The van der Waals surface area contributed by atoms with Crippen molar-refractivity contribution in [3.8, 4) is 0 Å². The smallest absolute Gasteiger partial charge is 0.379 e. The molecule has 2 rings (SSSR count). The van der Waals surface area contributed by atoms with E-state index in [1.54, 1.807) is 0 Å². The van der Waals surface area contributed by atoms with Gasteiger partial charge in [-0.3, -0.25) is 4.90 Å². The normalized spacial score (nSPS) is 19.3. The fourth-order valence-electron chi connectivity index (χ4n) is 2.92. The number of benzene rings is 1. The zero-order valence-electron chi connectivity index (χ0n) is 14.3. The number of nitrogens with one attached hydrogen (secondary N) is 1. The Kier molecular flexibility index (Phi) is 6.57. The zero-order chi connectivity index (χ0) is 21.3. The molecule has 28 heavy (non-hydrogen) atoms. The summed E-state index contributed by atoms with van der Waals surface area (Å²) < 4.78 is 112. The first kappa shape index (κ1) is 22.8. The summed E-state index contributed by atoms with van der Waals surface area (Å²) in [4.78, 5) is -0.726. The maximum Gasteiger partial charge on any atom is 0.501 e. The standard InChI is InChI=1S/C14H18F5N3O4S2/c15-6-10(7-16)22-5-4-9(8-22)21-13-11(27(23,24)14(17,18)19)2-1-3-12(13)28(20,25)26/h1-3,9-10,21H,4-8H2,(H2,20,25,26)/t9-/m1/s1. The monoisotopic (exact) mass is 451 g/mol. The summed E-state index contributed by atoms with van der Waals surface area (Å²) in [5.41, 5.74) is -6.48. The molecule has 1 aliphatic rings. The molecule has 0 radical (unpaired) electrons. The van der Waals surface area contributed by atoms with E-state index in [1.807, 2.05) is 0 Å². The van der Waals surface area contributed by atoms with Crippen LogP contribution in [-0.4, -0.2) is 65.8 Å². The Balaban J connectivity index is 2.48. The van der Waals surface area contributed by atoms with Crippen LogP contribution in [0.4, 0.5) is 27.6 Å². The molecule has 0 spiro atoms. The van der Waals surface area contributed by atoms with E-state index in [9.17, 15) is 38.8 Å². The first-order chi connectivity index (χ1) is 12.8. The molecule has 0 unspecified atom stereocenters. The zero-order valence-corrected chi connectivity index (χ0v) is 15.9. The number of sulfonamides is 1. The highest BCUT2D eigenvalue weighted by Gasteiger charge is 2.49. The first-order valence-electron chi connectivity index (χ1n) is 7.92. The number of nitrogens with zero attached hydrogens (tertiary/aromatic N) is 1. The molecular formula is C14H18F5N3O4S2. The van der Waals surface area contributed by atoms with E-state index in [0.29, 0.717) is 6.07 Å². The van der Waals surface area contributed by atoms with Crippen LogP contribution < -0.4 is 10.5 Å². The average Bonchev–Trinajstić information content (AvgIpc) is 3.02. The summed E-state index contributed by atoms with van der Waals surface area (Å²) in [6.45, 7) is -1.80. The van der Waals surface area contributed by atoms with Crippen molar-refractivity contribution in [2.45, 2.75) is 33.8 Å². The fraction of sp³-hybridized carbons (Fsp3) is 0.571. The van der Waals surface area contributed by atoms with Gasteiger partial charge in [0.1, 0.15) is 23.1 Å². The minimum Gasteiger partial charge on any atom is -0.379 e. The third-order valence-corrected chi connectivity index (χ3v) is 6.81. The number of likely N-dealkylation sites (tertiary alicyclic amines) is 1. The number of nitrogens with two attached hydrogens (primary N) is 1. The molecule has 0 saturated carbocycles. The maximum atomic E-state index is 13.0. The summed E-state index contributed by atoms with van der Waals surface area (Å²) >= 11 is 0. The fourth-order valence-corrected chi connectivity index (χ4v) is 4.65. The van der Waals surface area contributed by atoms with Crippen LogP contribution in [-0.2, 0) is 19.9 Å².